The van der Waals surface area contributed by atoms with Crippen molar-refractivity contribution in [3.05, 3.63) is 93.7 Å². The van der Waals surface area contributed by atoms with Gasteiger partial charge in [0.2, 0.25) is 0 Å². The molecule has 0 amide bonds. The summed E-state index contributed by atoms with van der Waals surface area (Å²) in [7, 11) is 0. The van der Waals surface area contributed by atoms with E-state index >= 15 is 0 Å². The van der Waals surface area contributed by atoms with Crippen molar-refractivity contribution >= 4 is 44.3 Å². The van der Waals surface area contributed by atoms with Crippen LogP contribution in [0.25, 0.3) is 44.3 Å². The smallest absolute Gasteiger partial charge is 0.00234 e. The normalized spacial score (nSPS) is 14.7. The lowest BCUT2D eigenvalue weighted by Gasteiger charge is -2.02. The SMILES string of the molecule is CC1=c2ccc3ccccc3c2=C2C=c3ccc4ccccc4c3=C12. The van der Waals surface area contributed by atoms with Gasteiger partial charge in [-0.05, 0) is 72.1 Å². The largest absolute Gasteiger partial charge is 0.0616 e. The zero-order chi connectivity index (χ0) is 16.5. The average Bonchev–Trinajstić information content (AvgIpc) is 3.17. The van der Waals surface area contributed by atoms with Crippen LogP contribution in [0, 0.1) is 0 Å². The van der Waals surface area contributed by atoms with Gasteiger partial charge in [0.25, 0.3) is 0 Å². The Labute approximate surface area is 145 Å². The molecule has 0 bridgehead atoms. The lowest BCUT2D eigenvalue weighted by molar-refractivity contribution is 1.54. The summed E-state index contributed by atoms with van der Waals surface area (Å²) in [4.78, 5) is 0. The van der Waals surface area contributed by atoms with Crippen molar-refractivity contribution < 1.29 is 0 Å². The van der Waals surface area contributed by atoms with E-state index in [2.05, 4.69) is 85.8 Å². The Hall–Kier alpha value is -3.12. The molecule has 2 aliphatic rings. The van der Waals surface area contributed by atoms with Crippen LogP contribution < -0.4 is 20.9 Å². The summed E-state index contributed by atoms with van der Waals surface area (Å²) in [6.45, 7) is 2.28. The van der Waals surface area contributed by atoms with E-state index in [1.165, 1.54) is 59.1 Å². The highest BCUT2D eigenvalue weighted by Gasteiger charge is 2.22. The molecule has 25 heavy (non-hydrogen) atoms. The maximum atomic E-state index is 2.39. The Balaban J connectivity index is 1.96. The minimum absolute atomic E-state index is 1.32. The molecule has 4 aromatic rings. The summed E-state index contributed by atoms with van der Waals surface area (Å²) >= 11 is 0. The van der Waals surface area contributed by atoms with E-state index in [1.54, 1.807) is 0 Å². The monoisotopic (exact) mass is 316 g/mol. The first-order chi connectivity index (χ1) is 12.3. The molecular weight excluding hydrogens is 300 g/mol. The van der Waals surface area contributed by atoms with Gasteiger partial charge in [0.1, 0.15) is 0 Å². The van der Waals surface area contributed by atoms with Crippen molar-refractivity contribution in [3.63, 3.8) is 0 Å². The van der Waals surface area contributed by atoms with E-state index in [-0.39, 0.29) is 0 Å². The zero-order valence-corrected chi connectivity index (χ0v) is 14.0. The highest BCUT2D eigenvalue weighted by molar-refractivity contribution is 6.25. The summed E-state index contributed by atoms with van der Waals surface area (Å²) in [5.41, 5.74) is 4.23. The van der Waals surface area contributed by atoms with Crippen molar-refractivity contribution in [2.45, 2.75) is 6.92 Å². The predicted octanol–water partition coefficient (Wildman–Crippen LogP) is 2.97. The van der Waals surface area contributed by atoms with Gasteiger partial charge in [-0.2, -0.15) is 0 Å². The Morgan fingerprint density at radius 1 is 0.600 bits per heavy atom. The average molecular weight is 316 g/mol. The van der Waals surface area contributed by atoms with Crippen LogP contribution >= 0.6 is 0 Å². The zero-order valence-electron chi connectivity index (χ0n) is 14.0. The van der Waals surface area contributed by atoms with Crippen molar-refractivity contribution in [2.24, 2.45) is 0 Å². The number of hydrogen-bond donors (Lipinski definition) is 0. The topological polar surface area (TPSA) is 0 Å². The van der Waals surface area contributed by atoms with Gasteiger partial charge in [-0.3, -0.25) is 0 Å². The number of benzene rings is 4. The quantitative estimate of drug-likeness (QED) is 0.468. The van der Waals surface area contributed by atoms with E-state index in [0.29, 0.717) is 0 Å². The van der Waals surface area contributed by atoms with Gasteiger partial charge in [0.05, 0.1) is 0 Å². The first-order valence-electron chi connectivity index (χ1n) is 8.80. The van der Waals surface area contributed by atoms with Crippen LogP contribution in [0.15, 0.2) is 72.8 Å². The lowest BCUT2D eigenvalue weighted by Crippen LogP contribution is -2.26. The standard InChI is InChI=1S/C25H16/c1-15-19-13-12-17-7-3-5-9-21(17)25(19)22-14-18-11-10-16-6-2-4-8-20(16)24(18)23(15)22/h2-14H,1H3. The van der Waals surface area contributed by atoms with Crippen LogP contribution in [-0.4, -0.2) is 0 Å². The van der Waals surface area contributed by atoms with E-state index in [0.717, 1.165) is 0 Å². The summed E-state index contributed by atoms with van der Waals surface area (Å²) < 4.78 is 0. The third kappa shape index (κ3) is 1.57. The molecular formula is C25H16. The molecule has 0 aromatic heterocycles. The van der Waals surface area contributed by atoms with Crippen molar-refractivity contribution in [3.8, 4) is 0 Å². The van der Waals surface area contributed by atoms with Gasteiger partial charge >= 0.3 is 0 Å². The first kappa shape index (κ1) is 13.2. The van der Waals surface area contributed by atoms with Crippen molar-refractivity contribution in [1.29, 1.82) is 0 Å². The Bertz CT molecular complexity index is 1480. The fourth-order valence-corrected chi connectivity index (χ4v) is 4.65. The third-order valence-electron chi connectivity index (χ3n) is 5.76. The predicted molar refractivity (Wildman–Crippen MR) is 107 cm³/mol. The highest BCUT2D eigenvalue weighted by Crippen LogP contribution is 2.28. The summed E-state index contributed by atoms with van der Waals surface area (Å²) in [5, 5.41) is 10.9. The first-order valence-corrected chi connectivity index (χ1v) is 8.80. The molecule has 0 radical (unpaired) electrons. The molecule has 6 rings (SSSR count). The molecule has 0 fully saturated rings. The molecule has 0 spiro atoms. The van der Waals surface area contributed by atoms with Gasteiger partial charge in [-0.25, -0.2) is 0 Å². The molecule has 116 valence electrons. The lowest BCUT2D eigenvalue weighted by atomic mass is 10.0. The molecule has 0 atom stereocenters. The van der Waals surface area contributed by atoms with Crippen LogP contribution in [0.2, 0.25) is 0 Å². The highest BCUT2D eigenvalue weighted by atomic mass is 14.2. The van der Waals surface area contributed by atoms with Gasteiger partial charge < -0.3 is 0 Å². The van der Waals surface area contributed by atoms with E-state index in [9.17, 15) is 0 Å². The van der Waals surface area contributed by atoms with E-state index in [4.69, 9.17) is 0 Å². The molecule has 0 saturated heterocycles. The van der Waals surface area contributed by atoms with Crippen molar-refractivity contribution in [2.75, 3.05) is 0 Å². The molecule has 0 heteroatoms. The van der Waals surface area contributed by atoms with Gasteiger partial charge in [0, 0.05) is 0 Å². The minimum atomic E-state index is 1.32. The fraction of sp³-hybridized carbons (Fsp3) is 0.0400. The molecule has 0 unspecified atom stereocenters. The molecule has 2 aliphatic carbocycles. The van der Waals surface area contributed by atoms with Crippen LogP contribution in [0.3, 0.4) is 0 Å². The second-order valence-electron chi connectivity index (χ2n) is 7.02. The van der Waals surface area contributed by atoms with E-state index < -0.39 is 0 Å². The van der Waals surface area contributed by atoms with Crippen LogP contribution in [0.1, 0.15) is 6.92 Å². The fourth-order valence-electron chi connectivity index (χ4n) is 4.65. The summed E-state index contributed by atoms with van der Waals surface area (Å²) in [5.74, 6) is 0. The number of hydrogen-bond acceptors (Lipinski definition) is 0. The molecule has 0 heterocycles. The molecule has 0 saturated carbocycles. The van der Waals surface area contributed by atoms with Crippen molar-refractivity contribution in [1.82, 2.24) is 0 Å². The molecule has 0 nitrogen and oxygen atoms in total. The molecule has 0 N–H and O–H groups in total. The second-order valence-corrected chi connectivity index (χ2v) is 7.02. The Kier molecular flexibility index (Phi) is 2.37. The minimum Gasteiger partial charge on any atom is -0.0616 e. The summed E-state index contributed by atoms with van der Waals surface area (Å²) in [6.07, 6.45) is 2.39. The van der Waals surface area contributed by atoms with Crippen LogP contribution in [0.4, 0.5) is 0 Å². The van der Waals surface area contributed by atoms with Gasteiger partial charge in [-0.15, -0.1) is 0 Å². The van der Waals surface area contributed by atoms with Gasteiger partial charge in [-0.1, -0.05) is 72.8 Å². The third-order valence-corrected chi connectivity index (χ3v) is 5.76. The second kappa shape index (κ2) is 4.49. The summed E-state index contributed by atoms with van der Waals surface area (Å²) in [6, 6.07) is 26.5. The molecule has 0 aliphatic heterocycles. The Morgan fingerprint density at radius 2 is 1.24 bits per heavy atom. The van der Waals surface area contributed by atoms with Crippen LogP contribution in [0.5, 0.6) is 0 Å². The van der Waals surface area contributed by atoms with E-state index in [1.807, 2.05) is 0 Å². The maximum Gasteiger partial charge on any atom is -0.00234 e. The molecule has 4 aromatic carbocycles. The van der Waals surface area contributed by atoms with Gasteiger partial charge in [0.15, 0.2) is 0 Å². The Morgan fingerprint density at radius 3 is 2.00 bits per heavy atom. The van der Waals surface area contributed by atoms with Crippen LogP contribution in [-0.2, 0) is 0 Å². The number of rotatable bonds is 0. The maximum absolute atomic E-state index is 2.39. The number of fused-ring (bicyclic) bond motifs is 7.